The molecule has 1 amide bonds. The molecular weight excluding hydrogens is 206 g/mol. The van der Waals surface area contributed by atoms with Crippen molar-refractivity contribution in [2.75, 3.05) is 6.61 Å². The second-order valence-electron chi connectivity index (χ2n) is 5.70. The second kappa shape index (κ2) is 4.72. The van der Waals surface area contributed by atoms with Crippen molar-refractivity contribution < 1.29 is 14.6 Å². The van der Waals surface area contributed by atoms with Gasteiger partial charge in [0, 0.05) is 6.61 Å². The molecule has 4 nitrogen and oxygen atoms in total. The monoisotopic (exact) mass is 229 g/mol. The normalized spacial score (nSPS) is 31.4. The van der Waals surface area contributed by atoms with Crippen molar-refractivity contribution in [1.82, 2.24) is 0 Å². The Balaban J connectivity index is 2.73. The van der Waals surface area contributed by atoms with E-state index in [0.717, 1.165) is 12.8 Å². The van der Waals surface area contributed by atoms with Gasteiger partial charge in [0.25, 0.3) is 0 Å². The van der Waals surface area contributed by atoms with Crippen LogP contribution in [0.15, 0.2) is 0 Å². The number of aliphatic hydroxyl groups excluding tert-OH is 1. The van der Waals surface area contributed by atoms with Crippen molar-refractivity contribution in [3.8, 4) is 0 Å². The molecule has 0 spiro atoms. The van der Waals surface area contributed by atoms with E-state index < -0.39 is 5.60 Å². The standard InChI is InChI=1S/C12H23NO3/c1-11(2,3)16-12(10(13)15)6-4-9(8-14)5-7-12/h9,14H,4-8H2,1-3H3,(H2,13,15). The van der Waals surface area contributed by atoms with E-state index in [2.05, 4.69) is 0 Å². The molecule has 1 fully saturated rings. The topological polar surface area (TPSA) is 72.5 Å². The van der Waals surface area contributed by atoms with Gasteiger partial charge in [0.15, 0.2) is 0 Å². The summed E-state index contributed by atoms with van der Waals surface area (Å²) in [5.74, 6) is -0.0881. The molecule has 0 aromatic carbocycles. The molecule has 0 radical (unpaired) electrons. The van der Waals surface area contributed by atoms with Crippen LogP contribution < -0.4 is 5.73 Å². The first-order valence-corrected chi connectivity index (χ1v) is 5.90. The number of amides is 1. The third-order valence-corrected chi connectivity index (χ3v) is 3.12. The van der Waals surface area contributed by atoms with Gasteiger partial charge in [-0.3, -0.25) is 4.79 Å². The molecule has 1 aliphatic rings. The Kier molecular flexibility index (Phi) is 3.97. The average Bonchev–Trinajstić information content (AvgIpc) is 2.16. The minimum Gasteiger partial charge on any atom is -0.396 e. The quantitative estimate of drug-likeness (QED) is 0.764. The Morgan fingerprint density at radius 2 is 1.94 bits per heavy atom. The zero-order valence-electron chi connectivity index (χ0n) is 10.5. The fraction of sp³-hybridized carbons (Fsp3) is 0.917. The lowest BCUT2D eigenvalue weighted by molar-refractivity contribution is -0.174. The summed E-state index contributed by atoms with van der Waals surface area (Å²) in [5, 5.41) is 9.08. The minimum atomic E-state index is -0.829. The molecule has 1 saturated carbocycles. The van der Waals surface area contributed by atoms with E-state index in [4.69, 9.17) is 15.6 Å². The summed E-state index contributed by atoms with van der Waals surface area (Å²) in [4.78, 5) is 11.6. The highest BCUT2D eigenvalue weighted by Crippen LogP contribution is 2.37. The number of carbonyl (C=O) groups excluding carboxylic acids is 1. The van der Waals surface area contributed by atoms with Crippen LogP contribution >= 0.6 is 0 Å². The Morgan fingerprint density at radius 3 is 2.25 bits per heavy atom. The molecular formula is C12H23NO3. The van der Waals surface area contributed by atoms with Crippen LogP contribution in [0, 0.1) is 5.92 Å². The molecule has 0 unspecified atom stereocenters. The van der Waals surface area contributed by atoms with Gasteiger partial charge in [-0.1, -0.05) is 0 Å². The zero-order chi connectivity index (χ0) is 12.4. The van der Waals surface area contributed by atoms with Crippen molar-refractivity contribution in [1.29, 1.82) is 0 Å². The van der Waals surface area contributed by atoms with Crippen LogP contribution in [0.5, 0.6) is 0 Å². The van der Waals surface area contributed by atoms with Gasteiger partial charge in [-0.25, -0.2) is 0 Å². The van der Waals surface area contributed by atoms with Gasteiger partial charge in [-0.05, 0) is 52.4 Å². The maximum absolute atomic E-state index is 11.6. The summed E-state index contributed by atoms with van der Waals surface area (Å²) in [6, 6.07) is 0. The number of hydrogen-bond acceptors (Lipinski definition) is 3. The van der Waals surface area contributed by atoms with Gasteiger partial charge >= 0.3 is 0 Å². The molecule has 1 rings (SSSR count). The number of carbonyl (C=O) groups is 1. The molecule has 0 aromatic rings. The number of rotatable bonds is 3. The van der Waals surface area contributed by atoms with Crippen LogP contribution in [0.25, 0.3) is 0 Å². The average molecular weight is 229 g/mol. The summed E-state index contributed by atoms with van der Waals surface area (Å²) in [6.45, 7) is 5.96. The molecule has 0 saturated heterocycles. The van der Waals surface area contributed by atoms with E-state index >= 15 is 0 Å². The predicted molar refractivity (Wildman–Crippen MR) is 61.8 cm³/mol. The van der Waals surface area contributed by atoms with Crippen LogP contribution in [-0.4, -0.2) is 28.8 Å². The summed E-state index contributed by atoms with van der Waals surface area (Å²) in [6.07, 6.45) is 2.83. The molecule has 0 bridgehead atoms. The lowest BCUT2D eigenvalue weighted by Crippen LogP contribution is -2.52. The van der Waals surface area contributed by atoms with Gasteiger partial charge in [0.2, 0.25) is 5.91 Å². The van der Waals surface area contributed by atoms with Crippen molar-refractivity contribution >= 4 is 5.91 Å². The van der Waals surface area contributed by atoms with Gasteiger partial charge in [-0.2, -0.15) is 0 Å². The molecule has 0 atom stereocenters. The molecule has 4 heteroatoms. The number of ether oxygens (including phenoxy) is 1. The minimum absolute atomic E-state index is 0.185. The first-order chi connectivity index (χ1) is 7.29. The number of aliphatic hydroxyl groups is 1. The van der Waals surface area contributed by atoms with E-state index in [-0.39, 0.29) is 24.0 Å². The Hall–Kier alpha value is -0.610. The molecule has 1 aliphatic carbocycles. The molecule has 94 valence electrons. The van der Waals surface area contributed by atoms with Crippen molar-refractivity contribution in [3.63, 3.8) is 0 Å². The van der Waals surface area contributed by atoms with Crippen LogP contribution in [-0.2, 0) is 9.53 Å². The van der Waals surface area contributed by atoms with E-state index in [1.807, 2.05) is 20.8 Å². The van der Waals surface area contributed by atoms with Crippen LogP contribution in [0.4, 0.5) is 0 Å². The highest BCUT2D eigenvalue weighted by molar-refractivity contribution is 5.83. The Bertz CT molecular complexity index is 249. The van der Waals surface area contributed by atoms with E-state index in [1.54, 1.807) is 0 Å². The fourth-order valence-electron chi connectivity index (χ4n) is 2.31. The number of hydrogen-bond donors (Lipinski definition) is 2. The number of nitrogens with two attached hydrogens (primary N) is 1. The lowest BCUT2D eigenvalue weighted by atomic mass is 9.78. The SMILES string of the molecule is CC(C)(C)OC1(C(N)=O)CCC(CO)CC1. The smallest absolute Gasteiger partial charge is 0.249 e. The molecule has 3 N–H and O–H groups in total. The van der Waals surface area contributed by atoms with E-state index in [1.165, 1.54) is 0 Å². The first kappa shape index (κ1) is 13.5. The van der Waals surface area contributed by atoms with E-state index in [9.17, 15) is 4.79 Å². The third-order valence-electron chi connectivity index (χ3n) is 3.12. The molecule has 16 heavy (non-hydrogen) atoms. The summed E-state index contributed by atoms with van der Waals surface area (Å²) >= 11 is 0. The van der Waals surface area contributed by atoms with Crippen molar-refractivity contribution in [3.05, 3.63) is 0 Å². The van der Waals surface area contributed by atoms with Gasteiger partial charge in [0.1, 0.15) is 5.60 Å². The van der Waals surface area contributed by atoms with Crippen molar-refractivity contribution in [2.45, 2.75) is 57.7 Å². The summed E-state index contributed by atoms with van der Waals surface area (Å²) < 4.78 is 5.86. The van der Waals surface area contributed by atoms with E-state index in [0.29, 0.717) is 12.8 Å². The predicted octanol–water partition coefficient (Wildman–Crippen LogP) is 1.21. The fourth-order valence-corrected chi connectivity index (χ4v) is 2.31. The maximum atomic E-state index is 11.6. The third kappa shape index (κ3) is 3.19. The highest BCUT2D eigenvalue weighted by Gasteiger charge is 2.43. The number of primary amides is 1. The summed E-state index contributed by atoms with van der Waals surface area (Å²) in [7, 11) is 0. The van der Waals surface area contributed by atoms with Crippen LogP contribution in [0.1, 0.15) is 46.5 Å². The molecule has 0 aliphatic heterocycles. The van der Waals surface area contributed by atoms with Gasteiger partial charge in [-0.15, -0.1) is 0 Å². The largest absolute Gasteiger partial charge is 0.396 e. The lowest BCUT2D eigenvalue weighted by Gasteiger charge is -2.41. The Morgan fingerprint density at radius 1 is 1.44 bits per heavy atom. The highest BCUT2D eigenvalue weighted by atomic mass is 16.5. The maximum Gasteiger partial charge on any atom is 0.249 e. The van der Waals surface area contributed by atoms with Gasteiger partial charge < -0.3 is 15.6 Å². The van der Waals surface area contributed by atoms with Crippen LogP contribution in [0.3, 0.4) is 0 Å². The molecule has 0 heterocycles. The first-order valence-electron chi connectivity index (χ1n) is 5.90. The second-order valence-corrected chi connectivity index (χ2v) is 5.70. The zero-order valence-corrected chi connectivity index (χ0v) is 10.5. The van der Waals surface area contributed by atoms with Gasteiger partial charge in [0.05, 0.1) is 5.60 Å². The summed E-state index contributed by atoms with van der Waals surface area (Å²) in [5.41, 5.74) is 4.27. The Labute approximate surface area is 97.2 Å². The van der Waals surface area contributed by atoms with Crippen LogP contribution in [0.2, 0.25) is 0 Å². The molecule has 0 aromatic heterocycles. The van der Waals surface area contributed by atoms with Crippen molar-refractivity contribution in [2.24, 2.45) is 11.7 Å².